The van der Waals surface area contributed by atoms with Crippen LogP contribution in [0.1, 0.15) is 27.7 Å². The highest BCUT2D eigenvalue weighted by atomic mass is 16.7. The molecule has 0 atom stereocenters. The van der Waals surface area contributed by atoms with Crippen LogP contribution in [0.15, 0.2) is 22.3 Å². The van der Waals surface area contributed by atoms with E-state index < -0.39 is 17.7 Å². The molecule has 0 aliphatic carbocycles. The Labute approximate surface area is 87.5 Å². The van der Waals surface area contributed by atoms with E-state index in [0.29, 0.717) is 22.3 Å². The molecule has 0 amide bonds. The van der Waals surface area contributed by atoms with Gasteiger partial charge in [0.1, 0.15) is 0 Å². The topological polar surface area (TPSA) is 52.6 Å². The molecule has 0 saturated carbocycles. The molecule has 2 rings (SSSR count). The molecule has 0 bridgehead atoms. The van der Waals surface area contributed by atoms with Gasteiger partial charge in [-0.1, -0.05) is 0 Å². The Hall–Kier alpha value is -1.58. The van der Waals surface area contributed by atoms with Crippen LogP contribution in [-0.2, 0) is 19.1 Å². The summed E-state index contributed by atoms with van der Waals surface area (Å²) < 4.78 is 10.3. The van der Waals surface area contributed by atoms with Gasteiger partial charge in [-0.2, -0.15) is 0 Å². The first-order valence-electron chi connectivity index (χ1n) is 4.72. The summed E-state index contributed by atoms with van der Waals surface area (Å²) >= 11 is 0. The van der Waals surface area contributed by atoms with Gasteiger partial charge in [0.25, 0.3) is 0 Å². The zero-order chi connectivity index (χ0) is 11.4. The highest BCUT2D eigenvalue weighted by molar-refractivity contribution is 5.97. The summed E-state index contributed by atoms with van der Waals surface area (Å²) in [5, 5.41) is 0. The van der Waals surface area contributed by atoms with Crippen molar-refractivity contribution >= 4 is 11.9 Å². The molecule has 0 aromatic carbocycles. The quantitative estimate of drug-likeness (QED) is 0.565. The van der Waals surface area contributed by atoms with E-state index in [1.54, 1.807) is 27.7 Å². The number of esters is 2. The maximum absolute atomic E-state index is 11.4. The summed E-state index contributed by atoms with van der Waals surface area (Å²) in [5.74, 6) is -2.09. The summed E-state index contributed by atoms with van der Waals surface area (Å²) in [4.78, 5) is 22.8. The Bertz CT molecular complexity index is 398. The second-order valence-electron chi connectivity index (χ2n) is 3.90. The van der Waals surface area contributed by atoms with Gasteiger partial charge in [-0.25, -0.2) is 9.59 Å². The minimum absolute atomic E-state index is 0.422. The summed E-state index contributed by atoms with van der Waals surface area (Å²) in [6, 6.07) is 0. The zero-order valence-corrected chi connectivity index (χ0v) is 9.13. The number of rotatable bonds is 0. The van der Waals surface area contributed by atoms with Crippen molar-refractivity contribution in [1.29, 1.82) is 0 Å². The van der Waals surface area contributed by atoms with Gasteiger partial charge in [0.05, 0.1) is 0 Å². The van der Waals surface area contributed by atoms with Gasteiger partial charge in [0.15, 0.2) is 0 Å². The molecule has 2 aliphatic heterocycles. The van der Waals surface area contributed by atoms with Gasteiger partial charge in [-0.15, -0.1) is 0 Å². The Morgan fingerprint density at radius 2 is 1.13 bits per heavy atom. The molecule has 0 radical (unpaired) electrons. The molecule has 15 heavy (non-hydrogen) atoms. The third-order valence-corrected chi connectivity index (χ3v) is 3.20. The van der Waals surface area contributed by atoms with Crippen LogP contribution in [0.25, 0.3) is 0 Å². The summed E-state index contributed by atoms with van der Waals surface area (Å²) in [7, 11) is 0. The first kappa shape index (κ1) is 9.96. The molecule has 0 unspecified atom stereocenters. The van der Waals surface area contributed by atoms with Crippen LogP contribution < -0.4 is 0 Å². The Morgan fingerprint density at radius 3 is 1.33 bits per heavy atom. The lowest BCUT2D eigenvalue weighted by atomic mass is 9.97. The fourth-order valence-electron chi connectivity index (χ4n) is 1.82. The largest absolute Gasteiger partial charge is 0.411 e. The van der Waals surface area contributed by atoms with Crippen molar-refractivity contribution in [2.75, 3.05) is 0 Å². The van der Waals surface area contributed by atoms with E-state index in [9.17, 15) is 9.59 Å². The van der Waals surface area contributed by atoms with E-state index in [2.05, 4.69) is 0 Å². The van der Waals surface area contributed by atoms with Crippen molar-refractivity contribution in [3.63, 3.8) is 0 Å². The molecule has 2 heterocycles. The molecule has 4 nitrogen and oxygen atoms in total. The Kier molecular flexibility index (Phi) is 1.80. The van der Waals surface area contributed by atoms with E-state index in [0.717, 1.165) is 0 Å². The van der Waals surface area contributed by atoms with Gasteiger partial charge >= 0.3 is 17.7 Å². The average molecular weight is 208 g/mol. The van der Waals surface area contributed by atoms with E-state index in [1.165, 1.54) is 0 Å². The monoisotopic (exact) mass is 208 g/mol. The second-order valence-corrected chi connectivity index (χ2v) is 3.90. The van der Waals surface area contributed by atoms with Gasteiger partial charge in [0.2, 0.25) is 0 Å². The van der Waals surface area contributed by atoms with E-state index >= 15 is 0 Å². The molecule has 80 valence electrons. The number of carbonyl (C=O) groups is 2. The van der Waals surface area contributed by atoms with E-state index in [4.69, 9.17) is 9.47 Å². The Balaban J connectivity index is 2.59. The third kappa shape index (κ3) is 1.02. The van der Waals surface area contributed by atoms with Crippen molar-refractivity contribution in [2.24, 2.45) is 0 Å². The maximum atomic E-state index is 11.4. The van der Waals surface area contributed by atoms with Crippen molar-refractivity contribution in [2.45, 2.75) is 33.5 Å². The highest BCUT2D eigenvalue weighted by Crippen LogP contribution is 2.44. The van der Waals surface area contributed by atoms with Gasteiger partial charge in [-0.3, -0.25) is 0 Å². The lowest BCUT2D eigenvalue weighted by Crippen LogP contribution is -2.33. The average Bonchev–Trinajstić information content (AvgIpc) is 2.53. The fraction of sp³-hybridized carbons (Fsp3) is 0.455. The minimum Gasteiger partial charge on any atom is -0.411 e. The number of hydrogen-bond donors (Lipinski definition) is 0. The molecular formula is C11H12O4. The first-order valence-corrected chi connectivity index (χ1v) is 4.72. The number of ether oxygens (including phenoxy) is 2. The van der Waals surface area contributed by atoms with Gasteiger partial charge in [-0.05, 0) is 27.7 Å². The molecule has 1 spiro atoms. The Morgan fingerprint density at radius 1 is 0.800 bits per heavy atom. The van der Waals surface area contributed by atoms with Crippen LogP contribution in [0, 0.1) is 0 Å². The number of carbonyl (C=O) groups excluding carboxylic acids is 2. The van der Waals surface area contributed by atoms with Crippen molar-refractivity contribution in [3.8, 4) is 0 Å². The lowest BCUT2D eigenvalue weighted by Gasteiger charge is -2.24. The first-order chi connectivity index (χ1) is 6.90. The fourth-order valence-corrected chi connectivity index (χ4v) is 1.82. The van der Waals surface area contributed by atoms with Crippen LogP contribution in [0.4, 0.5) is 0 Å². The molecule has 2 aliphatic rings. The SMILES string of the molecule is CC1=C(C)C2(OC1=O)OC(=O)C(C)=C2C. The molecule has 0 aromatic heterocycles. The predicted octanol–water partition coefficient (Wildman–Crippen LogP) is 1.47. The third-order valence-electron chi connectivity index (χ3n) is 3.20. The summed E-state index contributed by atoms with van der Waals surface area (Å²) in [6.45, 7) is 6.83. The molecule has 0 aromatic rings. The summed E-state index contributed by atoms with van der Waals surface area (Å²) in [6.07, 6.45) is 0. The standard InChI is InChI=1S/C11H12O4/c1-5-7(3)11(14-9(5)12)8(4)6(2)10(13)15-11/h1-4H3. The molecule has 4 heteroatoms. The molecular weight excluding hydrogens is 196 g/mol. The molecule has 0 fully saturated rings. The van der Waals surface area contributed by atoms with Crippen LogP contribution in [-0.4, -0.2) is 17.7 Å². The number of hydrogen-bond acceptors (Lipinski definition) is 4. The van der Waals surface area contributed by atoms with Crippen LogP contribution >= 0.6 is 0 Å². The van der Waals surface area contributed by atoms with Crippen LogP contribution in [0.5, 0.6) is 0 Å². The van der Waals surface area contributed by atoms with Crippen molar-refractivity contribution < 1.29 is 19.1 Å². The predicted molar refractivity (Wildman–Crippen MR) is 51.7 cm³/mol. The van der Waals surface area contributed by atoms with E-state index in [-0.39, 0.29) is 0 Å². The zero-order valence-electron chi connectivity index (χ0n) is 9.13. The second kappa shape index (κ2) is 2.72. The molecule has 0 saturated heterocycles. The highest BCUT2D eigenvalue weighted by Gasteiger charge is 2.54. The van der Waals surface area contributed by atoms with Crippen LogP contribution in [0.3, 0.4) is 0 Å². The van der Waals surface area contributed by atoms with Crippen molar-refractivity contribution in [1.82, 2.24) is 0 Å². The van der Waals surface area contributed by atoms with Gasteiger partial charge in [0, 0.05) is 22.3 Å². The lowest BCUT2D eigenvalue weighted by molar-refractivity contribution is -0.186. The van der Waals surface area contributed by atoms with Crippen molar-refractivity contribution in [3.05, 3.63) is 22.3 Å². The smallest absolute Gasteiger partial charge is 0.337 e. The summed E-state index contributed by atoms with van der Waals surface area (Å²) in [5.41, 5.74) is 2.35. The minimum atomic E-state index is -1.25. The normalized spacial score (nSPS) is 24.0. The molecule has 0 N–H and O–H groups in total. The van der Waals surface area contributed by atoms with Crippen LogP contribution in [0.2, 0.25) is 0 Å². The van der Waals surface area contributed by atoms with Gasteiger partial charge < -0.3 is 9.47 Å². The maximum Gasteiger partial charge on any atom is 0.337 e. The van der Waals surface area contributed by atoms with E-state index in [1.807, 2.05) is 0 Å².